The van der Waals surface area contributed by atoms with Crippen LogP contribution in [0.25, 0.3) is 0 Å². The molecule has 0 atom stereocenters. The van der Waals surface area contributed by atoms with Crippen LogP contribution in [-0.2, 0) is 4.79 Å². The smallest absolute Gasteiger partial charge is 0.251 e. The number of carbonyl (C=O) groups excluding carboxylic acids is 2. The summed E-state index contributed by atoms with van der Waals surface area (Å²) >= 11 is 5.81. The Labute approximate surface area is 109 Å². The number of nitrogens with zero attached hydrogens (tertiary/aromatic N) is 2. The topological polar surface area (TPSA) is 88.3 Å². The van der Waals surface area contributed by atoms with Crippen LogP contribution in [0.3, 0.4) is 0 Å². The molecule has 1 aromatic rings. The van der Waals surface area contributed by atoms with E-state index in [9.17, 15) is 9.59 Å². The molecule has 0 bridgehead atoms. The molecule has 0 aliphatic heterocycles. The molecule has 1 heterocycles. The van der Waals surface area contributed by atoms with Crippen molar-refractivity contribution >= 4 is 29.2 Å². The Morgan fingerprint density at radius 2 is 2.28 bits per heavy atom. The average Bonchev–Trinajstić information content (AvgIpc) is 2.34. The minimum absolute atomic E-state index is 0.0300. The fourth-order valence-electron chi connectivity index (χ4n) is 1.15. The summed E-state index contributed by atoms with van der Waals surface area (Å²) in [4.78, 5) is 26.2. The van der Waals surface area contributed by atoms with Gasteiger partial charge in [-0.3, -0.25) is 15.0 Å². The molecule has 3 N–H and O–H groups in total. The molecule has 7 heteroatoms. The minimum atomic E-state index is -0.665. The summed E-state index contributed by atoms with van der Waals surface area (Å²) in [6, 6.07) is 2.94. The number of aromatic nitrogens is 1. The molecule has 0 saturated heterocycles. The van der Waals surface area contributed by atoms with Crippen LogP contribution in [0.2, 0.25) is 5.15 Å². The molecule has 0 aromatic carbocycles. The number of nitrogens with two attached hydrogens (primary N) is 1. The number of nitrogens with one attached hydrogen (secondary N) is 1. The second-order valence-corrected chi connectivity index (χ2v) is 3.67. The number of halogens is 1. The number of hydrazine groups is 1. The van der Waals surface area contributed by atoms with Gasteiger partial charge in [-0.2, -0.15) is 0 Å². The molecule has 96 valence electrons. The third-order valence-corrected chi connectivity index (χ3v) is 2.38. The van der Waals surface area contributed by atoms with Gasteiger partial charge in [-0.05, 0) is 12.1 Å². The van der Waals surface area contributed by atoms with E-state index >= 15 is 0 Å². The number of primary amides is 1. The third-order valence-electron chi connectivity index (χ3n) is 2.10. The molecule has 0 fully saturated rings. The van der Waals surface area contributed by atoms with E-state index in [4.69, 9.17) is 17.3 Å². The summed E-state index contributed by atoms with van der Waals surface area (Å²) in [5, 5.41) is 1.28. The van der Waals surface area contributed by atoms with Crippen LogP contribution in [0.15, 0.2) is 24.9 Å². The molecule has 1 aromatic heterocycles. The van der Waals surface area contributed by atoms with Crippen LogP contribution in [-0.4, -0.2) is 16.8 Å². The molecule has 0 saturated carbocycles. The van der Waals surface area contributed by atoms with Gasteiger partial charge in [0.05, 0.1) is 5.56 Å². The Morgan fingerprint density at radius 1 is 1.61 bits per heavy atom. The highest BCUT2D eigenvalue weighted by Crippen LogP contribution is 2.18. The van der Waals surface area contributed by atoms with Gasteiger partial charge in [-0.25, -0.2) is 9.99 Å². The van der Waals surface area contributed by atoms with Crippen LogP contribution in [0.5, 0.6) is 0 Å². The first-order valence-corrected chi connectivity index (χ1v) is 5.55. The molecular formula is C11H13ClN4O2. The maximum atomic E-state index is 11.3. The van der Waals surface area contributed by atoms with E-state index < -0.39 is 5.91 Å². The zero-order valence-corrected chi connectivity index (χ0v) is 10.6. The van der Waals surface area contributed by atoms with E-state index in [1.807, 2.05) is 0 Å². The zero-order chi connectivity index (χ0) is 13.7. The molecule has 2 amide bonds. The van der Waals surface area contributed by atoms with Gasteiger partial charge in [0, 0.05) is 12.6 Å². The van der Waals surface area contributed by atoms with E-state index in [0.717, 1.165) is 0 Å². The van der Waals surface area contributed by atoms with E-state index in [1.54, 1.807) is 6.92 Å². The number of hydrogen-bond donors (Lipinski definition) is 2. The number of hydrogen-bond acceptors (Lipinski definition) is 4. The van der Waals surface area contributed by atoms with Crippen LogP contribution < -0.4 is 16.2 Å². The van der Waals surface area contributed by atoms with E-state index in [-0.39, 0.29) is 16.6 Å². The number of carbonyl (C=O) groups is 2. The van der Waals surface area contributed by atoms with Crippen molar-refractivity contribution < 1.29 is 9.59 Å². The van der Waals surface area contributed by atoms with Crippen LogP contribution in [0, 0.1) is 0 Å². The Bertz CT molecular complexity index is 490. The lowest BCUT2D eigenvalue weighted by Crippen LogP contribution is -2.38. The molecule has 0 aliphatic carbocycles. The molecule has 0 unspecified atom stereocenters. The maximum absolute atomic E-state index is 11.3. The van der Waals surface area contributed by atoms with Crippen molar-refractivity contribution in [1.82, 2.24) is 10.4 Å². The fraction of sp³-hybridized carbons (Fsp3) is 0.182. The van der Waals surface area contributed by atoms with Crippen LogP contribution in [0.4, 0.5) is 5.82 Å². The summed E-state index contributed by atoms with van der Waals surface area (Å²) in [7, 11) is 0. The molecule has 1 rings (SSSR count). The lowest BCUT2D eigenvalue weighted by molar-refractivity contribution is -0.120. The van der Waals surface area contributed by atoms with Crippen molar-refractivity contribution in [3.05, 3.63) is 35.6 Å². The van der Waals surface area contributed by atoms with E-state index in [1.165, 1.54) is 23.3 Å². The molecular weight excluding hydrogens is 256 g/mol. The number of pyridine rings is 1. The quantitative estimate of drug-likeness (QED) is 0.621. The summed E-state index contributed by atoms with van der Waals surface area (Å²) in [6.45, 7) is 5.26. The summed E-state index contributed by atoms with van der Waals surface area (Å²) in [5.41, 5.74) is 7.77. The monoisotopic (exact) mass is 268 g/mol. The van der Waals surface area contributed by atoms with E-state index in [0.29, 0.717) is 12.2 Å². The van der Waals surface area contributed by atoms with Gasteiger partial charge in [-0.15, -0.1) is 0 Å². The standard InChI is InChI=1S/C11H13ClN4O2/c1-3-9(17)15-16(4-2)8-6-5-7(11(13)18)10(12)14-8/h4-6H,2-3H2,1H3,(H2,13,18)(H,15,17). The van der Waals surface area contributed by atoms with Crippen molar-refractivity contribution in [1.29, 1.82) is 0 Å². The number of anilines is 1. The van der Waals surface area contributed by atoms with Gasteiger partial charge < -0.3 is 5.73 Å². The first kappa shape index (κ1) is 14.0. The molecule has 0 radical (unpaired) electrons. The Hall–Kier alpha value is -2.08. The van der Waals surface area contributed by atoms with Gasteiger partial charge in [-0.1, -0.05) is 25.1 Å². The van der Waals surface area contributed by atoms with Crippen molar-refractivity contribution in [3.63, 3.8) is 0 Å². The van der Waals surface area contributed by atoms with Gasteiger partial charge in [0.15, 0.2) is 5.82 Å². The first-order valence-electron chi connectivity index (χ1n) is 5.17. The summed E-state index contributed by atoms with van der Waals surface area (Å²) < 4.78 is 0. The summed E-state index contributed by atoms with van der Waals surface area (Å²) in [5.74, 6) is -0.532. The van der Waals surface area contributed by atoms with Gasteiger partial charge >= 0.3 is 0 Å². The Balaban J connectivity index is 3.01. The summed E-state index contributed by atoms with van der Waals surface area (Å²) in [6.07, 6.45) is 1.69. The first-order chi connectivity index (χ1) is 8.49. The maximum Gasteiger partial charge on any atom is 0.251 e. The molecule has 0 aliphatic rings. The zero-order valence-electron chi connectivity index (χ0n) is 9.81. The molecule has 0 spiro atoms. The average molecular weight is 269 g/mol. The lowest BCUT2D eigenvalue weighted by Gasteiger charge is -2.19. The third kappa shape index (κ3) is 3.21. The van der Waals surface area contributed by atoms with Crippen LogP contribution >= 0.6 is 11.6 Å². The molecule has 18 heavy (non-hydrogen) atoms. The number of rotatable bonds is 5. The van der Waals surface area contributed by atoms with Crippen molar-refractivity contribution in [3.8, 4) is 0 Å². The highest BCUT2D eigenvalue weighted by Gasteiger charge is 2.12. The predicted molar refractivity (Wildman–Crippen MR) is 68.9 cm³/mol. The van der Waals surface area contributed by atoms with Crippen molar-refractivity contribution in [2.75, 3.05) is 5.01 Å². The van der Waals surface area contributed by atoms with E-state index in [2.05, 4.69) is 17.0 Å². The van der Waals surface area contributed by atoms with Crippen LogP contribution in [0.1, 0.15) is 23.7 Å². The predicted octanol–water partition coefficient (Wildman–Crippen LogP) is 1.22. The lowest BCUT2D eigenvalue weighted by atomic mass is 10.2. The highest BCUT2D eigenvalue weighted by atomic mass is 35.5. The molecule has 6 nitrogen and oxygen atoms in total. The second kappa shape index (κ2) is 6.02. The van der Waals surface area contributed by atoms with Gasteiger partial charge in [0.1, 0.15) is 5.15 Å². The Kier molecular flexibility index (Phi) is 4.67. The van der Waals surface area contributed by atoms with Crippen molar-refractivity contribution in [2.24, 2.45) is 5.73 Å². The van der Waals surface area contributed by atoms with Gasteiger partial charge in [0.25, 0.3) is 5.91 Å². The SMILES string of the molecule is C=CN(NC(=O)CC)c1ccc(C(N)=O)c(Cl)n1. The number of amides is 2. The fourth-order valence-corrected chi connectivity index (χ4v) is 1.40. The second-order valence-electron chi connectivity index (χ2n) is 3.31. The van der Waals surface area contributed by atoms with Gasteiger partial charge in [0.2, 0.25) is 5.91 Å². The normalized spacial score (nSPS) is 9.67. The Morgan fingerprint density at radius 3 is 2.72 bits per heavy atom. The minimum Gasteiger partial charge on any atom is -0.366 e. The van der Waals surface area contributed by atoms with Crippen molar-refractivity contribution in [2.45, 2.75) is 13.3 Å². The highest BCUT2D eigenvalue weighted by molar-refractivity contribution is 6.32. The largest absolute Gasteiger partial charge is 0.366 e.